The quantitative estimate of drug-likeness (QED) is 0.912. The molecule has 3 nitrogen and oxygen atoms in total. The van der Waals surface area contributed by atoms with Gasteiger partial charge in [-0.05, 0) is 30.9 Å². The van der Waals surface area contributed by atoms with E-state index < -0.39 is 0 Å². The van der Waals surface area contributed by atoms with Crippen molar-refractivity contribution in [2.45, 2.75) is 45.4 Å². The van der Waals surface area contributed by atoms with Crippen molar-refractivity contribution in [3.05, 3.63) is 29.8 Å². The zero-order valence-corrected chi connectivity index (χ0v) is 12.5. The van der Waals surface area contributed by atoms with E-state index in [4.69, 9.17) is 0 Å². The molecule has 1 aromatic rings. The molecular weight excluding hydrogens is 248 g/mol. The molecule has 0 unspecified atom stereocenters. The van der Waals surface area contributed by atoms with Gasteiger partial charge in [-0.2, -0.15) is 0 Å². The van der Waals surface area contributed by atoms with E-state index in [1.807, 2.05) is 17.0 Å². The maximum atomic E-state index is 12.3. The molecule has 1 aromatic carbocycles. The van der Waals surface area contributed by atoms with Crippen molar-refractivity contribution in [3.63, 3.8) is 0 Å². The van der Waals surface area contributed by atoms with Crippen LogP contribution in [0.1, 0.15) is 44.6 Å². The number of carbonyl (C=O) groups is 1. The van der Waals surface area contributed by atoms with Gasteiger partial charge in [0.15, 0.2) is 0 Å². The van der Waals surface area contributed by atoms with Crippen molar-refractivity contribution in [2.24, 2.45) is 0 Å². The summed E-state index contributed by atoms with van der Waals surface area (Å²) < 4.78 is 0. The number of rotatable bonds is 4. The van der Waals surface area contributed by atoms with Crippen molar-refractivity contribution < 1.29 is 4.79 Å². The number of amides is 1. The second-order valence-electron chi connectivity index (χ2n) is 5.51. The summed E-state index contributed by atoms with van der Waals surface area (Å²) in [6.07, 6.45) is 7.13. The predicted octanol–water partition coefficient (Wildman–Crippen LogP) is 3.45. The Bertz CT molecular complexity index is 423. The first kappa shape index (κ1) is 14.9. The number of anilines is 1. The maximum absolute atomic E-state index is 12.3. The molecule has 3 heteroatoms. The normalized spacial score (nSPS) is 16.4. The molecule has 1 heterocycles. The SMILES string of the molecule is CCc1ccccc1NCC(=O)N1CCCCCCC1. The van der Waals surface area contributed by atoms with Crippen molar-refractivity contribution in [1.82, 2.24) is 4.90 Å². The summed E-state index contributed by atoms with van der Waals surface area (Å²) in [7, 11) is 0. The molecule has 1 aliphatic heterocycles. The number of aryl methyl sites for hydroxylation is 1. The molecule has 0 aliphatic carbocycles. The predicted molar refractivity (Wildman–Crippen MR) is 84.0 cm³/mol. The zero-order valence-electron chi connectivity index (χ0n) is 12.5. The van der Waals surface area contributed by atoms with E-state index in [-0.39, 0.29) is 5.91 Å². The average Bonchev–Trinajstić information content (AvgIpc) is 2.44. The van der Waals surface area contributed by atoms with Gasteiger partial charge >= 0.3 is 0 Å². The molecule has 2 rings (SSSR count). The fraction of sp³-hybridized carbons (Fsp3) is 0.588. The molecule has 0 radical (unpaired) electrons. The minimum absolute atomic E-state index is 0.234. The number of likely N-dealkylation sites (tertiary alicyclic amines) is 1. The first-order chi connectivity index (χ1) is 9.81. The minimum Gasteiger partial charge on any atom is -0.376 e. The standard InChI is InChI=1S/C17H26N2O/c1-2-15-10-6-7-11-16(15)18-14-17(20)19-12-8-4-3-5-9-13-19/h6-7,10-11,18H,2-5,8-9,12-14H2,1H3. The van der Waals surface area contributed by atoms with Gasteiger partial charge in [0.2, 0.25) is 5.91 Å². The van der Waals surface area contributed by atoms with Crippen molar-refractivity contribution in [3.8, 4) is 0 Å². The molecule has 1 N–H and O–H groups in total. The van der Waals surface area contributed by atoms with E-state index in [1.54, 1.807) is 0 Å². The van der Waals surface area contributed by atoms with Gasteiger partial charge in [0.25, 0.3) is 0 Å². The zero-order chi connectivity index (χ0) is 14.2. The first-order valence-electron chi connectivity index (χ1n) is 7.91. The largest absolute Gasteiger partial charge is 0.376 e. The highest BCUT2D eigenvalue weighted by Gasteiger charge is 2.14. The fourth-order valence-electron chi connectivity index (χ4n) is 2.78. The Morgan fingerprint density at radius 3 is 2.45 bits per heavy atom. The number of nitrogens with one attached hydrogen (secondary N) is 1. The molecule has 1 aliphatic rings. The first-order valence-corrected chi connectivity index (χ1v) is 7.91. The van der Waals surface area contributed by atoms with E-state index in [9.17, 15) is 4.79 Å². The van der Waals surface area contributed by atoms with Gasteiger partial charge in [-0.3, -0.25) is 4.79 Å². The molecular formula is C17H26N2O. The smallest absolute Gasteiger partial charge is 0.241 e. The Kier molecular flexibility index (Phi) is 5.90. The van der Waals surface area contributed by atoms with Crippen molar-refractivity contribution >= 4 is 11.6 Å². The van der Waals surface area contributed by atoms with E-state index in [2.05, 4.69) is 24.4 Å². The number of carbonyl (C=O) groups excluding carboxylic acids is 1. The van der Waals surface area contributed by atoms with Gasteiger partial charge in [-0.25, -0.2) is 0 Å². The van der Waals surface area contributed by atoms with Gasteiger partial charge in [0, 0.05) is 18.8 Å². The van der Waals surface area contributed by atoms with Crippen LogP contribution in [-0.4, -0.2) is 30.4 Å². The molecule has 0 spiro atoms. The molecule has 1 saturated heterocycles. The highest BCUT2D eigenvalue weighted by molar-refractivity contribution is 5.81. The lowest BCUT2D eigenvalue weighted by molar-refractivity contribution is -0.129. The van der Waals surface area contributed by atoms with Crippen LogP contribution in [0.4, 0.5) is 5.69 Å². The summed E-state index contributed by atoms with van der Waals surface area (Å²) in [4.78, 5) is 14.3. The summed E-state index contributed by atoms with van der Waals surface area (Å²) in [5.74, 6) is 0.234. The van der Waals surface area contributed by atoms with Crippen LogP contribution in [0.15, 0.2) is 24.3 Å². The van der Waals surface area contributed by atoms with Gasteiger partial charge in [0.05, 0.1) is 6.54 Å². The van der Waals surface area contributed by atoms with Crippen LogP contribution >= 0.6 is 0 Å². The molecule has 0 saturated carbocycles. The summed E-state index contributed by atoms with van der Waals surface area (Å²) in [6, 6.07) is 8.23. The third-order valence-corrected chi connectivity index (χ3v) is 4.04. The molecule has 110 valence electrons. The molecule has 1 fully saturated rings. The van der Waals surface area contributed by atoms with Crippen LogP contribution in [0.5, 0.6) is 0 Å². The fourth-order valence-corrected chi connectivity index (χ4v) is 2.78. The van der Waals surface area contributed by atoms with Gasteiger partial charge in [-0.1, -0.05) is 44.4 Å². The number of hydrogen-bond acceptors (Lipinski definition) is 2. The van der Waals surface area contributed by atoms with E-state index in [0.717, 1.165) is 38.0 Å². The van der Waals surface area contributed by atoms with Crippen LogP contribution < -0.4 is 5.32 Å². The molecule has 1 amide bonds. The highest BCUT2D eigenvalue weighted by Crippen LogP contribution is 2.15. The Labute approximate surface area is 122 Å². The molecule has 20 heavy (non-hydrogen) atoms. The van der Waals surface area contributed by atoms with Crippen LogP contribution in [0.2, 0.25) is 0 Å². The molecule has 0 atom stereocenters. The van der Waals surface area contributed by atoms with Crippen LogP contribution in [0, 0.1) is 0 Å². The average molecular weight is 274 g/mol. The van der Waals surface area contributed by atoms with Crippen LogP contribution in [0.25, 0.3) is 0 Å². The second-order valence-corrected chi connectivity index (χ2v) is 5.51. The topological polar surface area (TPSA) is 32.3 Å². The van der Waals surface area contributed by atoms with E-state index in [0.29, 0.717) is 6.54 Å². The Morgan fingerprint density at radius 1 is 1.10 bits per heavy atom. The number of hydrogen-bond donors (Lipinski definition) is 1. The van der Waals surface area contributed by atoms with Crippen LogP contribution in [-0.2, 0) is 11.2 Å². The Morgan fingerprint density at radius 2 is 1.75 bits per heavy atom. The third-order valence-electron chi connectivity index (χ3n) is 4.04. The molecule has 0 aromatic heterocycles. The summed E-state index contributed by atoms with van der Waals surface area (Å²) in [5, 5.41) is 3.31. The van der Waals surface area contributed by atoms with Gasteiger partial charge < -0.3 is 10.2 Å². The van der Waals surface area contributed by atoms with E-state index in [1.165, 1.54) is 24.8 Å². The summed E-state index contributed by atoms with van der Waals surface area (Å²) in [5.41, 5.74) is 2.36. The lowest BCUT2D eigenvalue weighted by Gasteiger charge is -2.25. The van der Waals surface area contributed by atoms with Crippen LogP contribution in [0.3, 0.4) is 0 Å². The minimum atomic E-state index is 0.234. The number of para-hydroxylation sites is 1. The molecule has 0 bridgehead atoms. The lowest BCUT2D eigenvalue weighted by Crippen LogP contribution is -2.37. The Balaban J connectivity index is 1.87. The van der Waals surface area contributed by atoms with Crippen molar-refractivity contribution in [2.75, 3.05) is 25.0 Å². The number of benzene rings is 1. The number of nitrogens with zero attached hydrogens (tertiary/aromatic N) is 1. The lowest BCUT2D eigenvalue weighted by atomic mass is 10.1. The van der Waals surface area contributed by atoms with Gasteiger partial charge in [0.1, 0.15) is 0 Å². The summed E-state index contributed by atoms with van der Waals surface area (Å²) in [6.45, 7) is 4.41. The third kappa shape index (κ3) is 4.26. The monoisotopic (exact) mass is 274 g/mol. The maximum Gasteiger partial charge on any atom is 0.241 e. The van der Waals surface area contributed by atoms with Gasteiger partial charge in [-0.15, -0.1) is 0 Å². The van der Waals surface area contributed by atoms with Crippen molar-refractivity contribution in [1.29, 1.82) is 0 Å². The Hall–Kier alpha value is -1.51. The highest BCUT2D eigenvalue weighted by atomic mass is 16.2. The summed E-state index contributed by atoms with van der Waals surface area (Å²) >= 11 is 0. The van der Waals surface area contributed by atoms with E-state index >= 15 is 0 Å². The second kappa shape index (κ2) is 7.93.